The highest BCUT2D eigenvalue weighted by molar-refractivity contribution is 7.80. The second kappa shape index (κ2) is 3.91. The lowest BCUT2D eigenvalue weighted by atomic mass is 10.0. The van der Waals surface area contributed by atoms with Crippen LogP contribution in [0.1, 0.15) is 0 Å². The highest BCUT2D eigenvalue weighted by Gasteiger charge is 2.42. The molecular formula is C6H12O5S. The Bertz CT molecular complexity index is 150. The van der Waals surface area contributed by atoms with E-state index in [1.165, 1.54) is 0 Å². The molecular weight excluding hydrogens is 184 g/mol. The van der Waals surface area contributed by atoms with Gasteiger partial charge in [-0.1, -0.05) is 0 Å². The molecule has 0 bridgehead atoms. The Morgan fingerprint density at radius 1 is 1.00 bits per heavy atom. The minimum Gasteiger partial charge on any atom is -0.388 e. The Balaban J connectivity index is 2.63. The average Bonchev–Trinajstić information content (AvgIpc) is 2.08. The maximum absolute atomic E-state index is 9.23. The summed E-state index contributed by atoms with van der Waals surface area (Å²) in [6.07, 6.45) is -6.26. The molecule has 0 aromatic carbocycles. The molecule has 1 aliphatic heterocycles. The molecule has 6 heteroatoms. The minimum atomic E-state index is -1.46. The van der Waals surface area contributed by atoms with Gasteiger partial charge in [-0.3, -0.25) is 0 Å². The summed E-state index contributed by atoms with van der Waals surface area (Å²) in [4.78, 5) is 0. The summed E-state index contributed by atoms with van der Waals surface area (Å²) < 4.78 is 4.75. The zero-order valence-corrected chi connectivity index (χ0v) is 7.13. The number of hydrogen-bond acceptors (Lipinski definition) is 6. The first-order chi connectivity index (χ1) is 5.57. The minimum absolute atomic E-state index is 0.169. The van der Waals surface area contributed by atoms with E-state index in [9.17, 15) is 5.11 Å². The van der Waals surface area contributed by atoms with Crippen molar-refractivity contribution >= 4 is 12.6 Å². The molecule has 1 aliphatic rings. The summed E-state index contributed by atoms with van der Waals surface area (Å²) >= 11 is 3.84. The lowest BCUT2D eigenvalue weighted by Crippen LogP contribution is -2.57. The average molecular weight is 196 g/mol. The molecule has 0 aromatic rings. The molecule has 0 spiro atoms. The van der Waals surface area contributed by atoms with E-state index >= 15 is 0 Å². The van der Waals surface area contributed by atoms with E-state index in [-0.39, 0.29) is 5.75 Å². The van der Waals surface area contributed by atoms with E-state index in [1.54, 1.807) is 0 Å². The van der Waals surface area contributed by atoms with Crippen LogP contribution in [0.4, 0.5) is 0 Å². The zero-order valence-electron chi connectivity index (χ0n) is 6.24. The third-order valence-corrected chi connectivity index (χ3v) is 2.23. The van der Waals surface area contributed by atoms with Crippen LogP contribution in [-0.2, 0) is 4.74 Å². The van der Waals surface area contributed by atoms with Gasteiger partial charge in [-0.25, -0.2) is 0 Å². The molecule has 12 heavy (non-hydrogen) atoms. The molecule has 0 saturated carbocycles. The largest absolute Gasteiger partial charge is 0.388 e. The molecule has 5 nitrogen and oxygen atoms in total. The third kappa shape index (κ3) is 1.73. The van der Waals surface area contributed by atoms with E-state index in [0.717, 1.165) is 0 Å². The van der Waals surface area contributed by atoms with Gasteiger partial charge < -0.3 is 25.2 Å². The monoisotopic (exact) mass is 196 g/mol. The van der Waals surface area contributed by atoms with Crippen molar-refractivity contribution in [3.05, 3.63) is 0 Å². The van der Waals surface area contributed by atoms with Crippen molar-refractivity contribution in [1.82, 2.24) is 0 Å². The molecule has 0 aromatic heterocycles. The van der Waals surface area contributed by atoms with Gasteiger partial charge in [0.25, 0.3) is 0 Å². The van der Waals surface area contributed by atoms with Gasteiger partial charge in [-0.2, -0.15) is 12.6 Å². The number of rotatable bonds is 1. The number of aliphatic hydroxyl groups is 4. The van der Waals surface area contributed by atoms with Crippen molar-refractivity contribution in [2.75, 3.05) is 5.75 Å². The molecule has 0 aliphatic carbocycles. The first-order valence-electron chi connectivity index (χ1n) is 3.56. The van der Waals surface area contributed by atoms with Gasteiger partial charge in [-0.05, 0) is 0 Å². The first kappa shape index (κ1) is 10.2. The molecule has 72 valence electrons. The van der Waals surface area contributed by atoms with Crippen molar-refractivity contribution in [2.24, 2.45) is 0 Å². The Hall–Kier alpha value is 0.150. The van der Waals surface area contributed by atoms with Gasteiger partial charge in [0.2, 0.25) is 0 Å². The number of hydrogen-bond donors (Lipinski definition) is 5. The third-order valence-electron chi connectivity index (χ3n) is 1.87. The summed E-state index contributed by atoms with van der Waals surface area (Å²) in [5.74, 6) is 0.169. The Morgan fingerprint density at radius 3 is 2.08 bits per heavy atom. The van der Waals surface area contributed by atoms with Crippen LogP contribution in [0.2, 0.25) is 0 Å². The number of thiol groups is 1. The van der Waals surface area contributed by atoms with Crippen LogP contribution in [0.5, 0.6) is 0 Å². The van der Waals surface area contributed by atoms with Crippen molar-refractivity contribution in [1.29, 1.82) is 0 Å². The summed E-state index contributed by atoms with van der Waals surface area (Å²) in [6.45, 7) is 0. The predicted octanol–water partition coefficient (Wildman–Crippen LogP) is -2.28. The first-order valence-corrected chi connectivity index (χ1v) is 4.19. The number of ether oxygens (including phenoxy) is 1. The molecule has 0 amide bonds. The van der Waals surface area contributed by atoms with E-state index < -0.39 is 30.7 Å². The summed E-state index contributed by atoms with van der Waals surface area (Å²) in [6, 6.07) is 0. The predicted molar refractivity (Wildman–Crippen MR) is 42.8 cm³/mol. The van der Waals surface area contributed by atoms with Crippen LogP contribution >= 0.6 is 12.6 Å². The van der Waals surface area contributed by atoms with Crippen molar-refractivity contribution in [3.63, 3.8) is 0 Å². The standard InChI is InChI=1S/C6H12O5S/c7-3-2(1-12)11-6(10)5(9)4(3)8/h2-10,12H,1H2/t2-,3+,4+,5-,6?/m1/s1. The highest BCUT2D eigenvalue weighted by atomic mass is 32.1. The number of aliphatic hydroxyl groups excluding tert-OH is 4. The maximum Gasteiger partial charge on any atom is 0.183 e. The van der Waals surface area contributed by atoms with Crippen LogP contribution in [0.15, 0.2) is 0 Å². The van der Waals surface area contributed by atoms with Crippen LogP contribution in [0.25, 0.3) is 0 Å². The van der Waals surface area contributed by atoms with Crippen LogP contribution in [0, 0.1) is 0 Å². The second-order valence-corrected chi connectivity index (χ2v) is 3.08. The van der Waals surface area contributed by atoms with E-state index in [1.807, 2.05) is 0 Å². The van der Waals surface area contributed by atoms with Gasteiger partial charge in [0.15, 0.2) is 6.29 Å². The fraction of sp³-hybridized carbons (Fsp3) is 1.00. The normalized spacial score (nSPS) is 49.2. The van der Waals surface area contributed by atoms with Crippen LogP contribution in [-0.4, -0.2) is 56.9 Å². The second-order valence-electron chi connectivity index (χ2n) is 2.72. The van der Waals surface area contributed by atoms with Crippen molar-refractivity contribution < 1.29 is 25.2 Å². The van der Waals surface area contributed by atoms with Crippen LogP contribution < -0.4 is 0 Å². The van der Waals surface area contributed by atoms with Gasteiger partial charge in [0, 0.05) is 5.75 Å². The van der Waals surface area contributed by atoms with E-state index in [2.05, 4.69) is 12.6 Å². The summed E-state index contributed by atoms with van der Waals surface area (Å²) in [5, 5.41) is 36.4. The highest BCUT2D eigenvalue weighted by Crippen LogP contribution is 2.20. The SMILES string of the molecule is OC1O[C@H](CS)[C@H](O)[C@H](O)[C@H]1O. The summed E-state index contributed by atoms with van der Waals surface area (Å²) in [7, 11) is 0. The van der Waals surface area contributed by atoms with E-state index in [0.29, 0.717) is 0 Å². The molecule has 0 radical (unpaired) electrons. The van der Waals surface area contributed by atoms with E-state index in [4.69, 9.17) is 20.1 Å². The van der Waals surface area contributed by atoms with Crippen LogP contribution in [0.3, 0.4) is 0 Å². The smallest absolute Gasteiger partial charge is 0.183 e. The molecule has 1 heterocycles. The Labute approximate surface area is 75.0 Å². The molecule has 1 unspecified atom stereocenters. The van der Waals surface area contributed by atoms with Gasteiger partial charge in [-0.15, -0.1) is 0 Å². The fourth-order valence-electron chi connectivity index (χ4n) is 1.08. The topological polar surface area (TPSA) is 90.2 Å². The van der Waals surface area contributed by atoms with Gasteiger partial charge in [0.05, 0.1) is 6.10 Å². The molecule has 4 N–H and O–H groups in total. The molecule has 1 fully saturated rings. The fourth-order valence-corrected chi connectivity index (χ4v) is 1.38. The van der Waals surface area contributed by atoms with Crippen molar-refractivity contribution in [2.45, 2.75) is 30.7 Å². The van der Waals surface area contributed by atoms with Gasteiger partial charge >= 0.3 is 0 Å². The van der Waals surface area contributed by atoms with Crippen molar-refractivity contribution in [3.8, 4) is 0 Å². The summed E-state index contributed by atoms with van der Waals surface area (Å²) in [5.41, 5.74) is 0. The molecule has 1 saturated heterocycles. The zero-order chi connectivity index (χ0) is 9.30. The Kier molecular flexibility index (Phi) is 3.33. The lowest BCUT2D eigenvalue weighted by Gasteiger charge is -2.37. The van der Waals surface area contributed by atoms with Gasteiger partial charge in [0.1, 0.15) is 18.3 Å². The Morgan fingerprint density at radius 2 is 1.58 bits per heavy atom. The lowest BCUT2D eigenvalue weighted by molar-refractivity contribution is -0.276. The maximum atomic E-state index is 9.23. The molecule has 5 atom stereocenters. The quantitative estimate of drug-likeness (QED) is 0.305. The molecule has 1 rings (SSSR count).